The quantitative estimate of drug-likeness (QED) is 0.0844. The van der Waals surface area contributed by atoms with E-state index in [1.165, 1.54) is 24.3 Å². The Kier molecular flexibility index (Phi) is 14.9. The van der Waals surface area contributed by atoms with E-state index in [0.717, 1.165) is 64.0 Å². The molecule has 4 fully saturated rings. The topological polar surface area (TPSA) is 198 Å². The van der Waals surface area contributed by atoms with Crippen molar-refractivity contribution in [1.82, 2.24) is 39.7 Å². The van der Waals surface area contributed by atoms with Crippen molar-refractivity contribution in [1.29, 1.82) is 0 Å². The summed E-state index contributed by atoms with van der Waals surface area (Å²) in [6, 6.07) is 10.3. The van der Waals surface area contributed by atoms with Crippen molar-refractivity contribution in [3.05, 3.63) is 106 Å². The van der Waals surface area contributed by atoms with Crippen molar-refractivity contribution in [2.45, 2.75) is 161 Å². The van der Waals surface area contributed by atoms with Crippen molar-refractivity contribution in [2.75, 3.05) is 46.6 Å². The molecule has 0 aliphatic carbocycles. The van der Waals surface area contributed by atoms with Crippen LogP contribution < -0.4 is 20.4 Å². The number of aryl methyl sites for hydroxylation is 2. The van der Waals surface area contributed by atoms with Crippen molar-refractivity contribution in [2.24, 2.45) is 0 Å². The highest BCUT2D eigenvalue weighted by molar-refractivity contribution is 5.90. The number of alkyl halides is 4. The fourth-order valence-electron chi connectivity index (χ4n) is 11.1. The zero-order valence-corrected chi connectivity index (χ0v) is 46.8. The summed E-state index contributed by atoms with van der Waals surface area (Å²) in [6.45, 7) is 20.2. The molecule has 80 heavy (non-hydrogen) atoms. The van der Waals surface area contributed by atoms with Gasteiger partial charge >= 0.3 is 17.9 Å². The molecule has 2 amide bonds. The maximum Gasteiger partial charge on any atom is 0.410 e. The maximum atomic E-state index is 15.5. The van der Waals surface area contributed by atoms with Crippen LogP contribution in [0.1, 0.15) is 128 Å². The SMILES string of the molecule is CC(=O)N1C[C@H]2C[C@@H]1CN2c1cnc2nc(C)nc(N[C@H](C)c3cccc(C(F)(F)C(C)(C)O)c3F)c2c1.Cc1nc(N[C@H](C)c2cccc(C(F)(F)C(C)(C)O)c2F)c2cc(N3C[C@H]4C[C@@H]3CN4C(=O)OC(C)(C)C)cnc2n1. The van der Waals surface area contributed by atoms with Crippen LogP contribution in [-0.4, -0.2) is 129 Å². The van der Waals surface area contributed by atoms with E-state index in [4.69, 9.17) is 4.74 Å². The number of rotatable bonds is 12. The van der Waals surface area contributed by atoms with Gasteiger partial charge in [-0.05, 0) is 113 Å². The van der Waals surface area contributed by atoms with E-state index in [-0.39, 0.29) is 47.3 Å². The van der Waals surface area contributed by atoms with Crippen molar-refractivity contribution < 1.29 is 50.9 Å². The number of pyridine rings is 2. The highest BCUT2D eigenvalue weighted by Gasteiger charge is 2.51. The average Bonchev–Trinajstić information content (AvgIpc) is 4.19. The summed E-state index contributed by atoms with van der Waals surface area (Å²) in [6.07, 6.45) is 4.89. The van der Waals surface area contributed by atoms with E-state index in [1.54, 1.807) is 51.9 Å². The highest BCUT2D eigenvalue weighted by Crippen LogP contribution is 2.44. The molecule has 2 aromatic carbocycles. The number of amides is 2. The van der Waals surface area contributed by atoms with Crippen LogP contribution in [0.4, 0.5) is 54.1 Å². The highest BCUT2D eigenvalue weighted by atomic mass is 19.3. The molecule has 0 unspecified atom stereocenters. The van der Waals surface area contributed by atoms with Gasteiger partial charge in [0.2, 0.25) is 5.91 Å². The van der Waals surface area contributed by atoms with E-state index in [0.29, 0.717) is 71.5 Å². The number of carbonyl (C=O) groups excluding carboxylic acids is 2. The third-order valence-electron chi connectivity index (χ3n) is 15.4. The van der Waals surface area contributed by atoms with Crippen LogP contribution in [0.25, 0.3) is 22.1 Å². The Balaban J connectivity index is 0.000000195. The van der Waals surface area contributed by atoms with Crippen molar-refractivity contribution in [3.8, 4) is 0 Å². The van der Waals surface area contributed by atoms with Crippen LogP contribution in [0.5, 0.6) is 0 Å². The number of aliphatic hydroxyl groups is 2. The molecule has 4 aliphatic heterocycles. The second-order valence-electron chi connectivity index (χ2n) is 23.5. The molecule has 6 atom stereocenters. The van der Waals surface area contributed by atoms with Gasteiger partial charge in [0, 0.05) is 56.3 Å². The Hall–Kier alpha value is -7.14. The largest absolute Gasteiger partial charge is 0.444 e. The molecule has 6 aromatic rings. The number of nitrogens with zero attached hydrogens (tertiary/aromatic N) is 10. The third-order valence-corrected chi connectivity index (χ3v) is 15.4. The van der Waals surface area contributed by atoms with Crippen LogP contribution in [0.15, 0.2) is 60.9 Å². The molecule has 428 valence electrons. The van der Waals surface area contributed by atoms with Gasteiger partial charge in [-0.1, -0.05) is 24.3 Å². The predicted octanol–water partition coefficient (Wildman–Crippen LogP) is 10.0. The fourth-order valence-corrected chi connectivity index (χ4v) is 11.1. The molecule has 0 spiro atoms. The number of ether oxygens (including phenoxy) is 1. The van der Waals surface area contributed by atoms with Gasteiger partial charge in [-0.3, -0.25) is 4.79 Å². The van der Waals surface area contributed by atoms with Crippen LogP contribution in [0, 0.1) is 25.5 Å². The van der Waals surface area contributed by atoms with E-state index >= 15 is 8.78 Å². The number of halogens is 6. The lowest BCUT2D eigenvalue weighted by Gasteiger charge is -2.36. The van der Waals surface area contributed by atoms with E-state index in [2.05, 4.69) is 50.3 Å². The standard InChI is InChI=1S/C30H37F3N6O3.C27H31F3N6O2/c1-16(21-9-8-10-23(24(21)31)30(32,33)29(6,7)41)35-26-22-12-18(13-34-25(22)36-17(2)37-26)38-14-20-11-19(38)15-39(20)27(40)42-28(3,4)5;1-14(20-7-6-8-22(23(20)28)27(29,30)26(4,5)38)32-25-21-10-17(11-31-24(21)33-15(2)34-25)36-13-18-9-19(36)12-35(18)16(3)37/h8-10,12-13,16,19-20,41H,11,14-15H2,1-7H3,(H,34,35,36,37);6-8,10-11,14,18-19,38H,9,12-13H2,1-5H3,(H,31,32,33,34)/t16-,19-,20-;14-,18-,19-/m11/s1. The number of nitrogens with one attached hydrogen (secondary N) is 2. The molecular formula is C57H68F6N12O5. The van der Waals surface area contributed by atoms with Gasteiger partial charge in [-0.15, -0.1) is 0 Å². The fraction of sp³-hybridized carbons (Fsp3) is 0.509. The smallest absolute Gasteiger partial charge is 0.410 e. The first-order chi connectivity index (χ1) is 37.2. The molecule has 0 saturated carbocycles. The zero-order chi connectivity index (χ0) is 58.3. The van der Waals surface area contributed by atoms with Gasteiger partial charge in [0.15, 0.2) is 11.3 Å². The monoisotopic (exact) mass is 1110 g/mol. The number of benzene rings is 2. The summed E-state index contributed by atoms with van der Waals surface area (Å²) in [5, 5.41) is 27.5. The maximum absolute atomic E-state index is 15.5. The number of anilines is 4. The molecule has 23 heteroatoms. The Labute approximate surface area is 460 Å². The summed E-state index contributed by atoms with van der Waals surface area (Å²) in [5.74, 6) is -8.02. The minimum atomic E-state index is -3.81. The molecular weight excluding hydrogens is 1050 g/mol. The number of hydrogen-bond donors (Lipinski definition) is 4. The third kappa shape index (κ3) is 10.9. The normalized spacial score (nSPS) is 20.1. The number of fused-ring (bicyclic) bond motifs is 6. The molecule has 8 heterocycles. The Morgan fingerprint density at radius 2 is 1.02 bits per heavy atom. The summed E-state index contributed by atoms with van der Waals surface area (Å²) in [5.41, 5.74) is -4.60. The van der Waals surface area contributed by atoms with Gasteiger partial charge in [-0.25, -0.2) is 43.5 Å². The summed E-state index contributed by atoms with van der Waals surface area (Å²) < 4.78 is 95.8. The first-order valence-electron chi connectivity index (χ1n) is 26.6. The van der Waals surface area contributed by atoms with Crippen LogP contribution >= 0.6 is 0 Å². The molecule has 4 aromatic heterocycles. The molecule has 4 saturated heterocycles. The molecule has 0 radical (unpaired) electrons. The number of hydrogen-bond acceptors (Lipinski definition) is 15. The number of aromatic nitrogens is 6. The molecule has 4 N–H and O–H groups in total. The number of carbonyl (C=O) groups is 2. The van der Waals surface area contributed by atoms with E-state index < -0.39 is 63.5 Å². The number of likely N-dealkylation sites (tertiary alicyclic amines) is 2. The lowest BCUT2D eigenvalue weighted by molar-refractivity contribution is -0.170. The lowest BCUT2D eigenvalue weighted by Crippen LogP contribution is -2.50. The molecule has 4 bridgehead atoms. The van der Waals surface area contributed by atoms with Gasteiger partial charge < -0.3 is 45.2 Å². The van der Waals surface area contributed by atoms with Crippen LogP contribution in [0.2, 0.25) is 0 Å². The summed E-state index contributed by atoms with van der Waals surface area (Å²) >= 11 is 0. The van der Waals surface area contributed by atoms with Gasteiger partial charge in [0.1, 0.15) is 51.7 Å². The lowest BCUT2D eigenvalue weighted by atomic mass is 9.91. The van der Waals surface area contributed by atoms with E-state index in [1.807, 2.05) is 37.8 Å². The van der Waals surface area contributed by atoms with Crippen LogP contribution in [-0.2, 0) is 21.4 Å². The Morgan fingerprint density at radius 1 is 0.625 bits per heavy atom. The number of piperazine rings is 2. The Morgan fingerprint density at radius 3 is 1.38 bits per heavy atom. The minimum Gasteiger partial charge on any atom is -0.444 e. The Bertz CT molecular complexity index is 3370. The minimum absolute atomic E-state index is 0.00374. The first kappa shape index (κ1) is 57.5. The summed E-state index contributed by atoms with van der Waals surface area (Å²) in [4.78, 5) is 59.7. The van der Waals surface area contributed by atoms with Gasteiger partial charge in [-0.2, -0.15) is 17.6 Å². The second-order valence-corrected chi connectivity index (χ2v) is 23.5. The van der Waals surface area contributed by atoms with Crippen LogP contribution in [0.3, 0.4) is 0 Å². The zero-order valence-electron chi connectivity index (χ0n) is 46.8. The first-order valence-corrected chi connectivity index (χ1v) is 26.6. The van der Waals surface area contributed by atoms with Crippen molar-refractivity contribution in [3.63, 3.8) is 0 Å². The molecule has 17 nitrogen and oxygen atoms in total. The van der Waals surface area contributed by atoms with Gasteiger partial charge in [0.25, 0.3) is 0 Å². The van der Waals surface area contributed by atoms with Gasteiger partial charge in [0.05, 0.1) is 69.8 Å². The molecule has 4 aliphatic rings. The van der Waals surface area contributed by atoms with E-state index in [9.17, 15) is 37.4 Å². The average molecular weight is 1120 g/mol. The van der Waals surface area contributed by atoms with Crippen molar-refractivity contribution >= 4 is 57.1 Å². The summed E-state index contributed by atoms with van der Waals surface area (Å²) in [7, 11) is 0. The molecule has 10 rings (SSSR count). The second kappa shape index (κ2) is 20.8. The predicted molar refractivity (Wildman–Crippen MR) is 291 cm³/mol.